The molecule has 3 nitrogen and oxygen atoms in total. The normalized spacial score (nSPS) is 20.4. The summed E-state index contributed by atoms with van der Waals surface area (Å²) < 4.78 is 0. The van der Waals surface area contributed by atoms with Crippen molar-refractivity contribution in [2.24, 2.45) is 5.92 Å². The van der Waals surface area contributed by atoms with Crippen LogP contribution in [0.5, 0.6) is 0 Å². The van der Waals surface area contributed by atoms with E-state index in [2.05, 4.69) is 10.6 Å². The second kappa shape index (κ2) is 5.32. The van der Waals surface area contributed by atoms with Crippen LogP contribution in [0.3, 0.4) is 0 Å². The van der Waals surface area contributed by atoms with Gasteiger partial charge in [0.25, 0.3) is 0 Å². The maximum absolute atomic E-state index is 11.9. The van der Waals surface area contributed by atoms with Gasteiger partial charge in [0.05, 0.1) is 5.92 Å². The third-order valence-electron chi connectivity index (χ3n) is 2.78. The van der Waals surface area contributed by atoms with Gasteiger partial charge in [-0.3, -0.25) is 4.79 Å². The number of hydrogen-bond acceptors (Lipinski definition) is 2. The molecule has 1 atom stereocenters. The van der Waals surface area contributed by atoms with E-state index >= 15 is 0 Å². The Morgan fingerprint density at radius 3 is 2.75 bits per heavy atom. The molecule has 0 aromatic heterocycles. The predicted molar refractivity (Wildman–Crippen MR) is 65.7 cm³/mol. The number of hydrogen-bond donors (Lipinski definition) is 2. The van der Waals surface area contributed by atoms with Crippen LogP contribution in [0.1, 0.15) is 12.8 Å². The molecule has 16 heavy (non-hydrogen) atoms. The van der Waals surface area contributed by atoms with Crippen molar-refractivity contribution in [2.75, 3.05) is 18.4 Å². The van der Waals surface area contributed by atoms with Crippen molar-refractivity contribution in [3.8, 4) is 0 Å². The second-order valence-corrected chi connectivity index (χ2v) is 4.48. The van der Waals surface area contributed by atoms with E-state index in [1.54, 1.807) is 12.1 Å². The molecule has 1 amide bonds. The quantitative estimate of drug-likeness (QED) is 0.830. The van der Waals surface area contributed by atoms with Crippen molar-refractivity contribution in [3.05, 3.63) is 29.3 Å². The highest BCUT2D eigenvalue weighted by atomic mass is 35.5. The number of carbonyl (C=O) groups excluding carboxylic acids is 1. The van der Waals surface area contributed by atoms with Crippen LogP contribution in [0.2, 0.25) is 5.02 Å². The Balaban J connectivity index is 1.93. The molecule has 1 heterocycles. The summed E-state index contributed by atoms with van der Waals surface area (Å²) in [7, 11) is 0. The third-order valence-corrected chi connectivity index (χ3v) is 3.03. The Hall–Kier alpha value is -1.06. The summed E-state index contributed by atoms with van der Waals surface area (Å²) in [6.45, 7) is 1.80. The minimum atomic E-state index is 0.0874. The lowest BCUT2D eigenvalue weighted by atomic mass is 9.99. The third kappa shape index (κ3) is 2.97. The molecule has 1 aliphatic rings. The van der Waals surface area contributed by atoms with Gasteiger partial charge in [0.2, 0.25) is 5.91 Å². The molecule has 0 saturated carbocycles. The van der Waals surface area contributed by atoms with Crippen LogP contribution < -0.4 is 10.6 Å². The van der Waals surface area contributed by atoms with Gasteiger partial charge >= 0.3 is 0 Å². The Morgan fingerprint density at radius 1 is 1.38 bits per heavy atom. The van der Waals surface area contributed by atoms with Crippen LogP contribution in [0, 0.1) is 5.92 Å². The van der Waals surface area contributed by atoms with E-state index in [4.69, 9.17) is 11.6 Å². The molecular formula is C12H15ClN2O. The van der Waals surface area contributed by atoms with Crippen molar-refractivity contribution in [1.82, 2.24) is 5.32 Å². The number of rotatable bonds is 2. The monoisotopic (exact) mass is 238 g/mol. The van der Waals surface area contributed by atoms with Crippen molar-refractivity contribution in [1.29, 1.82) is 0 Å². The highest BCUT2D eigenvalue weighted by Crippen LogP contribution is 2.16. The molecular weight excluding hydrogens is 224 g/mol. The summed E-state index contributed by atoms with van der Waals surface area (Å²) in [5.74, 6) is 0.180. The maximum Gasteiger partial charge on any atom is 0.228 e. The molecule has 2 N–H and O–H groups in total. The number of nitrogens with one attached hydrogen (secondary N) is 2. The highest BCUT2D eigenvalue weighted by Gasteiger charge is 2.20. The maximum atomic E-state index is 11.9. The Labute approximate surface area is 100 Å². The number of benzene rings is 1. The molecule has 1 aromatic rings. The van der Waals surface area contributed by atoms with Crippen molar-refractivity contribution in [2.45, 2.75) is 12.8 Å². The van der Waals surface area contributed by atoms with Crippen LogP contribution in [0.25, 0.3) is 0 Å². The molecule has 0 radical (unpaired) electrons. The molecule has 0 spiro atoms. The molecule has 4 heteroatoms. The van der Waals surface area contributed by atoms with E-state index in [9.17, 15) is 4.79 Å². The van der Waals surface area contributed by atoms with Gasteiger partial charge in [0, 0.05) is 17.3 Å². The molecule has 2 rings (SSSR count). The van der Waals surface area contributed by atoms with Crippen LogP contribution in [0.15, 0.2) is 24.3 Å². The van der Waals surface area contributed by atoms with E-state index in [1.807, 2.05) is 12.1 Å². The average Bonchev–Trinajstić information content (AvgIpc) is 2.33. The van der Waals surface area contributed by atoms with Crippen LogP contribution in [0.4, 0.5) is 5.69 Å². The van der Waals surface area contributed by atoms with Gasteiger partial charge in [-0.1, -0.05) is 11.6 Å². The second-order valence-electron chi connectivity index (χ2n) is 4.04. The summed E-state index contributed by atoms with van der Waals surface area (Å²) in [5, 5.41) is 6.81. The lowest BCUT2D eigenvalue weighted by molar-refractivity contribution is -0.120. The fourth-order valence-electron chi connectivity index (χ4n) is 1.85. The van der Waals surface area contributed by atoms with Gasteiger partial charge < -0.3 is 10.6 Å². The lowest BCUT2D eigenvalue weighted by Gasteiger charge is -2.21. The topological polar surface area (TPSA) is 41.1 Å². The molecule has 86 valence electrons. The van der Waals surface area contributed by atoms with Gasteiger partial charge in [-0.2, -0.15) is 0 Å². The van der Waals surface area contributed by atoms with Gasteiger partial charge in [-0.15, -0.1) is 0 Å². The van der Waals surface area contributed by atoms with E-state index in [0.717, 1.165) is 31.6 Å². The van der Waals surface area contributed by atoms with Gasteiger partial charge in [0.15, 0.2) is 0 Å². The van der Waals surface area contributed by atoms with E-state index in [-0.39, 0.29) is 11.8 Å². The summed E-state index contributed by atoms with van der Waals surface area (Å²) in [6, 6.07) is 7.18. The summed E-state index contributed by atoms with van der Waals surface area (Å²) in [6.07, 6.45) is 2.03. The fourth-order valence-corrected chi connectivity index (χ4v) is 1.98. The summed E-state index contributed by atoms with van der Waals surface area (Å²) in [5.41, 5.74) is 0.806. The minimum absolute atomic E-state index is 0.0874. The molecule has 0 bridgehead atoms. The summed E-state index contributed by atoms with van der Waals surface area (Å²) >= 11 is 5.77. The minimum Gasteiger partial charge on any atom is -0.326 e. The fraction of sp³-hybridized carbons (Fsp3) is 0.417. The van der Waals surface area contributed by atoms with Crippen LogP contribution in [-0.2, 0) is 4.79 Å². The van der Waals surface area contributed by atoms with Gasteiger partial charge in [-0.25, -0.2) is 0 Å². The first kappa shape index (κ1) is 11.4. The van der Waals surface area contributed by atoms with Crippen LogP contribution >= 0.6 is 11.6 Å². The Morgan fingerprint density at radius 2 is 2.12 bits per heavy atom. The number of carbonyl (C=O) groups is 1. The smallest absolute Gasteiger partial charge is 0.228 e. The first-order chi connectivity index (χ1) is 7.75. The zero-order chi connectivity index (χ0) is 11.4. The number of halogens is 1. The highest BCUT2D eigenvalue weighted by molar-refractivity contribution is 6.30. The molecule has 1 fully saturated rings. The molecule has 1 saturated heterocycles. The first-order valence-corrected chi connectivity index (χ1v) is 5.90. The number of piperidine rings is 1. The lowest BCUT2D eigenvalue weighted by Crippen LogP contribution is -2.37. The zero-order valence-corrected chi connectivity index (χ0v) is 9.76. The van der Waals surface area contributed by atoms with E-state index in [0.29, 0.717) is 5.02 Å². The standard InChI is InChI=1S/C12H15ClN2O/c13-10-3-5-11(6-4-10)15-12(16)9-2-1-7-14-8-9/h3-6,9,14H,1-2,7-8H2,(H,15,16). The van der Waals surface area contributed by atoms with E-state index in [1.165, 1.54) is 0 Å². The predicted octanol–water partition coefficient (Wildman–Crippen LogP) is 2.28. The largest absolute Gasteiger partial charge is 0.326 e. The molecule has 1 aliphatic heterocycles. The van der Waals surface area contributed by atoms with Crippen molar-refractivity contribution < 1.29 is 4.79 Å². The molecule has 1 unspecified atom stereocenters. The average molecular weight is 239 g/mol. The molecule has 1 aromatic carbocycles. The number of amides is 1. The Kier molecular flexibility index (Phi) is 3.80. The zero-order valence-electron chi connectivity index (χ0n) is 9.00. The molecule has 0 aliphatic carbocycles. The van der Waals surface area contributed by atoms with Gasteiger partial charge in [0.1, 0.15) is 0 Å². The SMILES string of the molecule is O=C(Nc1ccc(Cl)cc1)C1CCCNC1. The van der Waals surface area contributed by atoms with Gasteiger partial charge in [-0.05, 0) is 43.7 Å². The van der Waals surface area contributed by atoms with E-state index < -0.39 is 0 Å². The summed E-state index contributed by atoms with van der Waals surface area (Å²) in [4.78, 5) is 11.9. The Bertz CT molecular complexity index is 358. The van der Waals surface area contributed by atoms with Crippen molar-refractivity contribution >= 4 is 23.2 Å². The van der Waals surface area contributed by atoms with Crippen LogP contribution in [-0.4, -0.2) is 19.0 Å². The first-order valence-electron chi connectivity index (χ1n) is 5.53. The van der Waals surface area contributed by atoms with Crippen molar-refractivity contribution in [3.63, 3.8) is 0 Å². The number of anilines is 1.